The van der Waals surface area contributed by atoms with E-state index < -0.39 is 0 Å². The summed E-state index contributed by atoms with van der Waals surface area (Å²) in [6.45, 7) is 2.30. The molecule has 0 aromatic heterocycles. The normalized spacial score (nSPS) is 43.0. The van der Waals surface area contributed by atoms with E-state index in [4.69, 9.17) is 10.5 Å². The maximum Gasteiger partial charge on any atom is 0.0601 e. The number of hydrogen-bond donors (Lipinski definition) is 1. The zero-order valence-electron chi connectivity index (χ0n) is 7.70. The Morgan fingerprint density at radius 2 is 2.17 bits per heavy atom. The van der Waals surface area contributed by atoms with Crippen LogP contribution in [-0.4, -0.2) is 43.3 Å². The van der Waals surface area contributed by atoms with Crippen molar-refractivity contribution >= 4 is 0 Å². The Balaban J connectivity index is 1.74. The minimum atomic E-state index is 0.423. The number of ether oxygens (including phenoxy) is 1. The van der Waals surface area contributed by atoms with Crippen LogP contribution in [-0.2, 0) is 4.74 Å². The average molecular weight is 170 g/mol. The van der Waals surface area contributed by atoms with Gasteiger partial charge in [-0.25, -0.2) is 0 Å². The van der Waals surface area contributed by atoms with Crippen LogP contribution in [0.5, 0.6) is 0 Å². The first-order chi connectivity index (χ1) is 5.79. The second-order valence-electron chi connectivity index (χ2n) is 4.03. The summed E-state index contributed by atoms with van der Waals surface area (Å²) in [7, 11) is 1.80. The third-order valence-electron chi connectivity index (χ3n) is 3.18. The largest absolute Gasteiger partial charge is 0.381 e. The summed E-state index contributed by atoms with van der Waals surface area (Å²) in [5.74, 6) is 0. The van der Waals surface area contributed by atoms with Crippen LogP contribution in [0.1, 0.15) is 19.3 Å². The van der Waals surface area contributed by atoms with Gasteiger partial charge in [0.15, 0.2) is 0 Å². The van der Waals surface area contributed by atoms with Crippen LogP contribution in [0.4, 0.5) is 0 Å². The van der Waals surface area contributed by atoms with E-state index in [1.54, 1.807) is 7.11 Å². The van der Waals surface area contributed by atoms with Crippen molar-refractivity contribution in [1.29, 1.82) is 0 Å². The van der Waals surface area contributed by atoms with E-state index in [1.807, 2.05) is 0 Å². The molecule has 3 nitrogen and oxygen atoms in total. The van der Waals surface area contributed by atoms with Gasteiger partial charge in [0.2, 0.25) is 0 Å². The smallest absolute Gasteiger partial charge is 0.0601 e. The van der Waals surface area contributed by atoms with Gasteiger partial charge in [-0.05, 0) is 19.3 Å². The third kappa shape index (κ3) is 1.49. The highest BCUT2D eigenvalue weighted by Gasteiger charge is 2.36. The van der Waals surface area contributed by atoms with E-state index in [-0.39, 0.29) is 0 Å². The number of hydrogen-bond acceptors (Lipinski definition) is 3. The van der Waals surface area contributed by atoms with Gasteiger partial charge in [0.25, 0.3) is 0 Å². The molecule has 2 aliphatic rings. The maximum absolute atomic E-state index is 5.84. The molecule has 1 saturated carbocycles. The van der Waals surface area contributed by atoms with Crippen molar-refractivity contribution in [2.75, 3.05) is 20.2 Å². The summed E-state index contributed by atoms with van der Waals surface area (Å²) in [4.78, 5) is 2.51. The Labute approximate surface area is 73.9 Å². The lowest BCUT2D eigenvalue weighted by Gasteiger charge is -2.40. The molecule has 2 rings (SSSR count). The average Bonchev–Trinajstić information content (AvgIpc) is 2.34. The quantitative estimate of drug-likeness (QED) is 0.643. The monoisotopic (exact) mass is 170 g/mol. The fourth-order valence-electron chi connectivity index (χ4n) is 2.18. The first-order valence-corrected chi connectivity index (χ1v) is 4.82. The summed E-state index contributed by atoms with van der Waals surface area (Å²) in [6, 6.07) is 1.19. The lowest BCUT2D eigenvalue weighted by Crippen LogP contribution is -2.47. The second kappa shape index (κ2) is 3.32. The van der Waals surface area contributed by atoms with Crippen LogP contribution >= 0.6 is 0 Å². The van der Waals surface area contributed by atoms with Crippen LogP contribution in [0.3, 0.4) is 0 Å². The van der Waals surface area contributed by atoms with Crippen LogP contribution < -0.4 is 5.73 Å². The van der Waals surface area contributed by atoms with E-state index in [1.165, 1.54) is 25.8 Å². The number of nitrogens with zero attached hydrogens (tertiary/aromatic N) is 1. The summed E-state index contributed by atoms with van der Waals surface area (Å²) >= 11 is 0. The molecule has 0 bridgehead atoms. The lowest BCUT2D eigenvalue weighted by atomic mass is 9.88. The van der Waals surface area contributed by atoms with Gasteiger partial charge in [0.1, 0.15) is 0 Å². The molecule has 1 unspecified atom stereocenters. The number of nitrogens with two attached hydrogens (primary N) is 1. The Hall–Kier alpha value is -0.120. The Morgan fingerprint density at radius 3 is 2.67 bits per heavy atom. The first kappa shape index (κ1) is 8.48. The van der Waals surface area contributed by atoms with E-state index >= 15 is 0 Å². The predicted molar refractivity (Wildman–Crippen MR) is 48.0 cm³/mol. The molecule has 0 radical (unpaired) electrons. The predicted octanol–water partition coefficient (Wildman–Crippen LogP) is 0.197. The van der Waals surface area contributed by atoms with Crippen molar-refractivity contribution in [2.45, 2.75) is 37.5 Å². The molecule has 1 heterocycles. The molecular formula is C9H18N2O. The Bertz CT molecular complexity index is 157. The van der Waals surface area contributed by atoms with Crippen molar-refractivity contribution in [2.24, 2.45) is 5.73 Å². The lowest BCUT2D eigenvalue weighted by molar-refractivity contribution is -0.0204. The van der Waals surface area contributed by atoms with Gasteiger partial charge in [0, 0.05) is 32.3 Å². The number of rotatable bonds is 2. The fraction of sp³-hybridized carbons (Fsp3) is 1.00. The van der Waals surface area contributed by atoms with Crippen molar-refractivity contribution in [1.82, 2.24) is 4.90 Å². The highest BCUT2D eigenvalue weighted by molar-refractivity contribution is 4.92. The molecule has 0 amide bonds. The van der Waals surface area contributed by atoms with Gasteiger partial charge in [-0.1, -0.05) is 0 Å². The molecule has 3 heteroatoms. The zero-order chi connectivity index (χ0) is 8.55. The topological polar surface area (TPSA) is 38.5 Å². The van der Waals surface area contributed by atoms with Gasteiger partial charge >= 0.3 is 0 Å². The summed E-state index contributed by atoms with van der Waals surface area (Å²) in [5, 5.41) is 0. The number of methoxy groups -OCH3 is 1. The molecular weight excluding hydrogens is 152 g/mol. The van der Waals surface area contributed by atoms with Crippen molar-refractivity contribution < 1.29 is 4.74 Å². The molecule has 1 aliphatic heterocycles. The van der Waals surface area contributed by atoms with Crippen LogP contribution in [0, 0.1) is 0 Å². The molecule has 0 spiro atoms. The third-order valence-corrected chi connectivity index (χ3v) is 3.18. The van der Waals surface area contributed by atoms with Gasteiger partial charge < -0.3 is 10.5 Å². The molecule has 1 saturated heterocycles. The van der Waals surface area contributed by atoms with Crippen LogP contribution in [0.15, 0.2) is 0 Å². The van der Waals surface area contributed by atoms with Crippen molar-refractivity contribution in [3.8, 4) is 0 Å². The van der Waals surface area contributed by atoms with E-state index in [0.29, 0.717) is 12.1 Å². The molecule has 1 aliphatic carbocycles. The van der Waals surface area contributed by atoms with Crippen LogP contribution in [0.25, 0.3) is 0 Å². The summed E-state index contributed by atoms with van der Waals surface area (Å²) in [6.07, 6.45) is 4.12. The standard InChI is InChI=1S/C9H18N2O/c1-12-9-4-8(5-9)11-3-2-7(10)6-11/h7-9H,2-6,10H2,1H3. The minimum Gasteiger partial charge on any atom is -0.381 e. The fourth-order valence-corrected chi connectivity index (χ4v) is 2.18. The molecule has 2 N–H and O–H groups in total. The van der Waals surface area contributed by atoms with Gasteiger partial charge in [-0.3, -0.25) is 4.90 Å². The van der Waals surface area contributed by atoms with Crippen molar-refractivity contribution in [3.05, 3.63) is 0 Å². The van der Waals surface area contributed by atoms with Crippen LogP contribution in [0.2, 0.25) is 0 Å². The van der Waals surface area contributed by atoms with E-state index in [2.05, 4.69) is 4.90 Å². The molecule has 0 aromatic carbocycles. The molecule has 12 heavy (non-hydrogen) atoms. The molecule has 1 atom stereocenters. The molecule has 2 fully saturated rings. The SMILES string of the molecule is COC1CC(N2CCC(N)C2)C1. The highest BCUT2D eigenvalue weighted by atomic mass is 16.5. The van der Waals surface area contributed by atoms with Gasteiger partial charge in [-0.2, -0.15) is 0 Å². The second-order valence-corrected chi connectivity index (χ2v) is 4.03. The first-order valence-electron chi connectivity index (χ1n) is 4.82. The summed E-state index contributed by atoms with van der Waals surface area (Å²) in [5.41, 5.74) is 5.84. The maximum atomic E-state index is 5.84. The van der Waals surface area contributed by atoms with E-state index in [9.17, 15) is 0 Å². The minimum absolute atomic E-state index is 0.423. The van der Waals surface area contributed by atoms with Gasteiger partial charge in [0.05, 0.1) is 6.10 Å². The summed E-state index contributed by atoms with van der Waals surface area (Å²) < 4.78 is 5.24. The van der Waals surface area contributed by atoms with Crippen molar-refractivity contribution in [3.63, 3.8) is 0 Å². The Morgan fingerprint density at radius 1 is 1.42 bits per heavy atom. The molecule has 70 valence electrons. The van der Waals surface area contributed by atoms with Gasteiger partial charge in [-0.15, -0.1) is 0 Å². The molecule has 0 aromatic rings. The zero-order valence-corrected chi connectivity index (χ0v) is 7.70. The number of likely N-dealkylation sites (tertiary alicyclic amines) is 1. The van der Waals surface area contributed by atoms with E-state index in [0.717, 1.165) is 12.6 Å². The highest BCUT2D eigenvalue weighted by Crippen LogP contribution is 2.29. The Kier molecular flexibility index (Phi) is 2.35.